The summed E-state index contributed by atoms with van der Waals surface area (Å²) >= 11 is 0. The lowest BCUT2D eigenvalue weighted by Gasteiger charge is -2.18. The van der Waals surface area contributed by atoms with Gasteiger partial charge in [-0.2, -0.15) is 0 Å². The van der Waals surface area contributed by atoms with Gasteiger partial charge in [-0.3, -0.25) is 4.79 Å². The van der Waals surface area contributed by atoms with E-state index in [1.54, 1.807) is 25.3 Å². The number of aldehydes is 1. The molecular weight excluding hydrogens is 208 g/mol. The van der Waals surface area contributed by atoms with Gasteiger partial charge in [-0.25, -0.2) is 0 Å². The standard InChI is InChI=1S/C12H14O4/c1-14-11-7-15-8-12(11)16-10-5-3-2-4-9(10)6-13/h2-6,11-12H,7-8H2,1H3/t11?,12-/m1/s1. The first-order valence-electron chi connectivity index (χ1n) is 5.16. The van der Waals surface area contributed by atoms with Crippen LogP contribution in [0.2, 0.25) is 0 Å². The normalized spacial score (nSPS) is 24.3. The van der Waals surface area contributed by atoms with Crippen LogP contribution in [0.4, 0.5) is 0 Å². The van der Waals surface area contributed by atoms with Gasteiger partial charge in [-0.05, 0) is 12.1 Å². The van der Waals surface area contributed by atoms with E-state index in [2.05, 4.69) is 0 Å². The first kappa shape index (κ1) is 11.1. The van der Waals surface area contributed by atoms with Crippen LogP contribution in [0.3, 0.4) is 0 Å². The van der Waals surface area contributed by atoms with Crippen molar-refractivity contribution in [2.45, 2.75) is 12.2 Å². The zero-order valence-corrected chi connectivity index (χ0v) is 9.09. The highest BCUT2D eigenvalue weighted by atomic mass is 16.6. The number of methoxy groups -OCH3 is 1. The Morgan fingerprint density at radius 3 is 2.81 bits per heavy atom. The van der Waals surface area contributed by atoms with Crippen LogP contribution in [0.25, 0.3) is 0 Å². The molecule has 0 aromatic heterocycles. The molecule has 1 fully saturated rings. The van der Waals surface area contributed by atoms with Crippen molar-refractivity contribution < 1.29 is 19.0 Å². The minimum absolute atomic E-state index is 0.0697. The number of carbonyl (C=O) groups is 1. The van der Waals surface area contributed by atoms with Crippen LogP contribution >= 0.6 is 0 Å². The average molecular weight is 222 g/mol. The number of rotatable bonds is 4. The molecule has 86 valence electrons. The maximum atomic E-state index is 10.8. The van der Waals surface area contributed by atoms with Crippen LogP contribution in [0.1, 0.15) is 10.4 Å². The second-order valence-corrected chi connectivity index (χ2v) is 3.62. The quantitative estimate of drug-likeness (QED) is 0.720. The minimum atomic E-state index is -0.147. The Labute approximate surface area is 94.1 Å². The number of carbonyl (C=O) groups excluding carboxylic acids is 1. The largest absolute Gasteiger partial charge is 0.484 e. The molecule has 1 aliphatic heterocycles. The van der Waals surface area contributed by atoms with E-state index in [-0.39, 0.29) is 12.2 Å². The van der Waals surface area contributed by atoms with E-state index in [4.69, 9.17) is 14.2 Å². The summed E-state index contributed by atoms with van der Waals surface area (Å²) in [5, 5.41) is 0. The first-order valence-corrected chi connectivity index (χ1v) is 5.16. The Hall–Kier alpha value is -1.39. The number of ether oxygens (including phenoxy) is 3. The molecule has 0 amide bonds. The van der Waals surface area contributed by atoms with Crippen LogP contribution < -0.4 is 4.74 Å². The lowest BCUT2D eigenvalue weighted by molar-refractivity contribution is 0.0323. The molecule has 0 saturated carbocycles. The summed E-state index contributed by atoms with van der Waals surface area (Å²) in [6, 6.07) is 7.13. The van der Waals surface area contributed by atoms with Crippen molar-refractivity contribution in [3.8, 4) is 5.75 Å². The lowest BCUT2D eigenvalue weighted by atomic mass is 10.2. The van der Waals surface area contributed by atoms with E-state index in [9.17, 15) is 4.79 Å². The zero-order valence-electron chi connectivity index (χ0n) is 9.09. The number of hydrogen-bond acceptors (Lipinski definition) is 4. The molecule has 1 aliphatic rings. The molecule has 2 atom stereocenters. The van der Waals surface area contributed by atoms with Crippen molar-refractivity contribution in [3.63, 3.8) is 0 Å². The van der Waals surface area contributed by atoms with Gasteiger partial charge >= 0.3 is 0 Å². The van der Waals surface area contributed by atoms with Gasteiger partial charge in [0.1, 0.15) is 11.9 Å². The van der Waals surface area contributed by atoms with Gasteiger partial charge in [0.2, 0.25) is 0 Å². The molecule has 1 unspecified atom stereocenters. The number of benzene rings is 1. The molecule has 0 bridgehead atoms. The fourth-order valence-corrected chi connectivity index (χ4v) is 1.69. The van der Waals surface area contributed by atoms with Gasteiger partial charge < -0.3 is 14.2 Å². The van der Waals surface area contributed by atoms with Crippen molar-refractivity contribution in [1.29, 1.82) is 0 Å². The summed E-state index contributed by atoms with van der Waals surface area (Å²) in [5.41, 5.74) is 0.546. The van der Waals surface area contributed by atoms with Gasteiger partial charge in [0.15, 0.2) is 12.4 Å². The van der Waals surface area contributed by atoms with E-state index < -0.39 is 0 Å². The van der Waals surface area contributed by atoms with E-state index in [0.717, 1.165) is 6.29 Å². The Morgan fingerprint density at radius 1 is 1.31 bits per heavy atom. The Morgan fingerprint density at radius 2 is 2.06 bits per heavy atom. The average Bonchev–Trinajstić information content (AvgIpc) is 2.77. The third-order valence-corrected chi connectivity index (χ3v) is 2.61. The fraction of sp³-hybridized carbons (Fsp3) is 0.417. The van der Waals surface area contributed by atoms with Crippen molar-refractivity contribution in [2.75, 3.05) is 20.3 Å². The number of hydrogen-bond donors (Lipinski definition) is 0. The van der Waals surface area contributed by atoms with Crippen molar-refractivity contribution >= 4 is 6.29 Å². The smallest absolute Gasteiger partial charge is 0.153 e. The summed E-state index contributed by atoms with van der Waals surface area (Å²) in [5.74, 6) is 0.579. The Kier molecular flexibility index (Phi) is 3.54. The monoisotopic (exact) mass is 222 g/mol. The lowest BCUT2D eigenvalue weighted by Crippen LogP contribution is -2.31. The molecule has 1 aromatic carbocycles. The molecule has 1 heterocycles. The molecule has 0 N–H and O–H groups in total. The predicted molar refractivity (Wildman–Crippen MR) is 57.9 cm³/mol. The second kappa shape index (κ2) is 5.09. The summed E-state index contributed by atoms with van der Waals surface area (Å²) < 4.78 is 16.2. The third-order valence-electron chi connectivity index (χ3n) is 2.61. The summed E-state index contributed by atoms with van der Waals surface area (Å²) in [6.45, 7) is 1.02. The van der Waals surface area contributed by atoms with E-state index in [1.807, 2.05) is 6.07 Å². The maximum absolute atomic E-state index is 10.8. The Balaban J connectivity index is 2.11. The zero-order chi connectivity index (χ0) is 11.4. The highest BCUT2D eigenvalue weighted by molar-refractivity contribution is 5.79. The first-order chi connectivity index (χ1) is 7.85. The van der Waals surface area contributed by atoms with E-state index >= 15 is 0 Å². The molecule has 1 saturated heterocycles. The van der Waals surface area contributed by atoms with E-state index in [0.29, 0.717) is 24.5 Å². The second-order valence-electron chi connectivity index (χ2n) is 3.62. The topological polar surface area (TPSA) is 44.8 Å². The van der Waals surface area contributed by atoms with Crippen molar-refractivity contribution in [1.82, 2.24) is 0 Å². The van der Waals surface area contributed by atoms with Gasteiger partial charge in [-0.15, -0.1) is 0 Å². The van der Waals surface area contributed by atoms with Crippen LogP contribution in [0, 0.1) is 0 Å². The molecule has 1 aromatic rings. The highest BCUT2D eigenvalue weighted by Crippen LogP contribution is 2.21. The van der Waals surface area contributed by atoms with E-state index in [1.165, 1.54) is 0 Å². The van der Waals surface area contributed by atoms with Crippen LogP contribution in [-0.4, -0.2) is 38.8 Å². The third kappa shape index (κ3) is 2.23. The van der Waals surface area contributed by atoms with Crippen molar-refractivity contribution in [2.24, 2.45) is 0 Å². The van der Waals surface area contributed by atoms with Gasteiger partial charge in [0.25, 0.3) is 0 Å². The van der Waals surface area contributed by atoms with Gasteiger partial charge in [-0.1, -0.05) is 12.1 Å². The molecule has 16 heavy (non-hydrogen) atoms. The Bertz CT molecular complexity index is 364. The summed E-state index contributed by atoms with van der Waals surface area (Å²) in [4.78, 5) is 10.8. The SMILES string of the molecule is COC1COC[C@H]1Oc1ccccc1C=O. The van der Waals surface area contributed by atoms with Gasteiger partial charge in [0.05, 0.1) is 18.8 Å². The van der Waals surface area contributed by atoms with Gasteiger partial charge in [0, 0.05) is 7.11 Å². The molecule has 2 rings (SSSR count). The van der Waals surface area contributed by atoms with Crippen LogP contribution in [0.5, 0.6) is 5.75 Å². The summed E-state index contributed by atoms with van der Waals surface area (Å²) in [7, 11) is 1.63. The predicted octanol–water partition coefficient (Wildman–Crippen LogP) is 1.29. The molecular formula is C12H14O4. The molecule has 4 heteroatoms. The van der Waals surface area contributed by atoms with Crippen LogP contribution in [0.15, 0.2) is 24.3 Å². The van der Waals surface area contributed by atoms with Crippen molar-refractivity contribution in [3.05, 3.63) is 29.8 Å². The van der Waals surface area contributed by atoms with Crippen LogP contribution in [-0.2, 0) is 9.47 Å². The molecule has 0 aliphatic carbocycles. The minimum Gasteiger partial charge on any atom is -0.484 e. The molecule has 0 radical (unpaired) electrons. The molecule has 4 nitrogen and oxygen atoms in total. The maximum Gasteiger partial charge on any atom is 0.153 e. The molecule has 0 spiro atoms. The fourth-order valence-electron chi connectivity index (χ4n) is 1.69. The summed E-state index contributed by atoms with van der Waals surface area (Å²) in [6.07, 6.45) is 0.568. The number of para-hydroxylation sites is 1. The highest BCUT2D eigenvalue weighted by Gasteiger charge is 2.30.